The highest BCUT2D eigenvalue weighted by atomic mass is 32.1. The second-order valence-electron chi connectivity index (χ2n) is 5.86. The number of piperidine rings is 1. The summed E-state index contributed by atoms with van der Waals surface area (Å²) in [6.45, 7) is 5.61. The Morgan fingerprint density at radius 1 is 1.38 bits per heavy atom. The van der Waals surface area contributed by atoms with E-state index in [4.69, 9.17) is 0 Å². The number of rotatable bonds is 5. The Balaban J connectivity index is 1.53. The minimum absolute atomic E-state index is 0.345. The molecular formula is C17H23N3S. The summed E-state index contributed by atoms with van der Waals surface area (Å²) < 4.78 is 0. The van der Waals surface area contributed by atoms with Crippen molar-refractivity contribution in [3.8, 4) is 0 Å². The van der Waals surface area contributed by atoms with E-state index in [2.05, 4.69) is 57.8 Å². The molecule has 2 aromatic rings. The fourth-order valence-corrected chi connectivity index (χ4v) is 3.70. The number of hydrogen-bond acceptors (Lipinski definition) is 4. The molecule has 0 radical (unpaired) electrons. The van der Waals surface area contributed by atoms with Crippen LogP contribution in [0.25, 0.3) is 0 Å². The molecule has 1 aromatic carbocycles. The molecule has 1 saturated heterocycles. The lowest BCUT2D eigenvalue weighted by Gasteiger charge is -2.34. The van der Waals surface area contributed by atoms with Crippen LogP contribution in [0.5, 0.6) is 0 Å². The van der Waals surface area contributed by atoms with Crippen LogP contribution in [0.2, 0.25) is 0 Å². The van der Waals surface area contributed by atoms with Gasteiger partial charge in [-0.2, -0.15) is 0 Å². The normalized spacial score (nSPS) is 21.3. The predicted molar refractivity (Wildman–Crippen MR) is 88.4 cm³/mol. The molecule has 3 rings (SSSR count). The van der Waals surface area contributed by atoms with Crippen molar-refractivity contribution in [2.75, 3.05) is 13.1 Å². The van der Waals surface area contributed by atoms with E-state index >= 15 is 0 Å². The first-order valence-electron chi connectivity index (χ1n) is 7.71. The van der Waals surface area contributed by atoms with E-state index in [0.717, 1.165) is 13.1 Å². The van der Waals surface area contributed by atoms with Crippen molar-refractivity contribution in [2.45, 2.75) is 38.4 Å². The molecule has 4 heteroatoms. The van der Waals surface area contributed by atoms with Gasteiger partial charge in [-0.3, -0.25) is 4.90 Å². The van der Waals surface area contributed by atoms with Crippen LogP contribution in [0.4, 0.5) is 0 Å². The van der Waals surface area contributed by atoms with Gasteiger partial charge < -0.3 is 5.32 Å². The molecular weight excluding hydrogens is 278 g/mol. The lowest BCUT2D eigenvalue weighted by Crippen LogP contribution is -2.46. The van der Waals surface area contributed by atoms with Crippen molar-refractivity contribution < 1.29 is 0 Å². The number of nitrogens with zero attached hydrogens (tertiary/aromatic N) is 2. The number of nitrogens with one attached hydrogen (secondary N) is 1. The van der Waals surface area contributed by atoms with Gasteiger partial charge in [0.15, 0.2) is 0 Å². The third-order valence-corrected chi connectivity index (χ3v) is 4.74. The lowest BCUT2D eigenvalue weighted by atomic mass is 10.0. The maximum Gasteiger partial charge on any atom is 0.0795 e. The van der Waals surface area contributed by atoms with Crippen molar-refractivity contribution in [1.82, 2.24) is 15.2 Å². The molecule has 0 saturated carbocycles. The molecule has 0 bridgehead atoms. The van der Waals surface area contributed by atoms with Gasteiger partial charge in [-0.25, -0.2) is 4.98 Å². The molecule has 1 fully saturated rings. The second-order valence-corrected chi connectivity index (χ2v) is 6.58. The van der Waals surface area contributed by atoms with Gasteiger partial charge in [0.05, 0.1) is 11.2 Å². The molecule has 2 heterocycles. The molecule has 2 atom stereocenters. The number of thiazole rings is 1. The predicted octanol–water partition coefficient (Wildman–Crippen LogP) is 3.46. The van der Waals surface area contributed by atoms with Crippen LogP contribution in [0, 0.1) is 0 Å². The number of benzene rings is 1. The number of aromatic nitrogens is 1. The van der Waals surface area contributed by atoms with Crippen LogP contribution in [0.15, 0.2) is 41.2 Å². The molecule has 1 aromatic heterocycles. The van der Waals surface area contributed by atoms with Crippen LogP contribution in [-0.2, 0) is 6.54 Å². The van der Waals surface area contributed by atoms with E-state index in [0.29, 0.717) is 12.1 Å². The maximum atomic E-state index is 4.41. The quantitative estimate of drug-likeness (QED) is 0.916. The Bertz CT molecular complexity index is 526. The molecule has 0 amide bonds. The largest absolute Gasteiger partial charge is 0.305 e. The Morgan fingerprint density at radius 2 is 2.24 bits per heavy atom. The van der Waals surface area contributed by atoms with Crippen LogP contribution in [0.3, 0.4) is 0 Å². The molecule has 112 valence electrons. The van der Waals surface area contributed by atoms with Gasteiger partial charge in [0, 0.05) is 30.6 Å². The fraction of sp³-hybridized carbons (Fsp3) is 0.471. The lowest BCUT2D eigenvalue weighted by molar-refractivity contribution is 0.177. The van der Waals surface area contributed by atoms with Gasteiger partial charge in [-0.15, -0.1) is 11.3 Å². The first-order chi connectivity index (χ1) is 10.3. The highest BCUT2D eigenvalue weighted by molar-refractivity contribution is 7.07. The van der Waals surface area contributed by atoms with Crippen molar-refractivity contribution in [3.05, 3.63) is 52.5 Å². The summed E-state index contributed by atoms with van der Waals surface area (Å²) in [5.41, 5.74) is 4.49. The van der Waals surface area contributed by atoms with Gasteiger partial charge in [-0.05, 0) is 31.9 Å². The molecule has 3 nitrogen and oxygen atoms in total. The molecule has 21 heavy (non-hydrogen) atoms. The summed E-state index contributed by atoms with van der Waals surface area (Å²) in [7, 11) is 0. The SMILES string of the molecule is CC(NC1CCCN(Cc2ccccc2)C1)c1cscn1. The monoisotopic (exact) mass is 301 g/mol. The third-order valence-electron chi connectivity index (χ3n) is 4.14. The zero-order valence-electron chi connectivity index (χ0n) is 12.5. The Kier molecular flexibility index (Phi) is 5.01. The van der Waals surface area contributed by atoms with Crippen LogP contribution in [-0.4, -0.2) is 29.0 Å². The molecule has 0 aliphatic carbocycles. The summed E-state index contributed by atoms with van der Waals surface area (Å²) in [6.07, 6.45) is 2.54. The smallest absolute Gasteiger partial charge is 0.0795 e. The van der Waals surface area contributed by atoms with Crippen LogP contribution >= 0.6 is 11.3 Å². The Hall–Kier alpha value is -1.23. The summed E-state index contributed by atoms with van der Waals surface area (Å²) in [5.74, 6) is 0. The third kappa shape index (κ3) is 4.13. The topological polar surface area (TPSA) is 28.2 Å². The number of hydrogen-bond donors (Lipinski definition) is 1. The van der Waals surface area contributed by atoms with Crippen molar-refractivity contribution in [2.24, 2.45) is 0 Å². The maximum absolute atomic E-state index is 4.41. The molecule has 1 N–H and O–H groups in total. The second kappa shape index (κ2) is 7.16. The van der Waals surface area contributed by atoms with E-state index in [1.54, 1.807) is 11.3 Å². The van der Waals surface area contributed by atoms with Gasteiger partial charge in [0.25, 0.3) is 0 Å². The van der Waals surface area contributed by atoms with Crippen LogP contribution < -0.4 is 5.32 Å². The van der Waals surface area contributed by atoms with Gasteiger partial charge in [-0.1, -0.05) is 30.3 Å². The molecule has 2 unspecified atom stereocenters. The summed E-state index contributed by atoms with van der Waals surface area (Å²) in [5, 5.41) is 5.88. The highest BCUT2D eigenvalue weighted by Crippen LogP contribution is 2.18. The highest BCUT2D eigenvalue weighted by Gasteiger charge is 2.22. The van der Waals surface area contributed by atoms with E-state index < -0.39 is 0 Å². The summed E-state index contributed by atoms with van der Waals surface area (Å²) >= 11 is 1.67. The average molecular weight is 301 g/mol. The molecule has 0 spiro atoms. The summed E-state index contributed by atoms with van der Waals surface area (Å²) in [4.78, 5) is 6.97. The molecule has 1 aliphatic rings. The number of likely N-dealkylation sites (tertiary alicyclic amines) is 1. The van der Waals surface area contributed by atoms with Crippen molar-refractivity contribution in [3.63, 3.8) is 0 Å². The van der Waals surface area contributed by atoms with Crippen molar-refractivity contribution >= 4 is 11.3 Å². The van der Waals surface area contributed by atoms with Gasteiger partial charge >= 0.3 is 0 Å². The molecule has 1 aliphatic heterocycles. The first-order valence-corrected chi connectivity index (χ1v) is 8.66. The van der Waals surface area contributed by atoms with Gasteiger partial charge in [0.2, 0.25) is 0 Å². The van der Waals surface area contributed by atoms with E-state index in [9.17, 15) is 0 Å². The summed E-state index contributed by atoms with van der Waals surface area (Å²) in [6, 6.07) is 11.7. The standard InChI is InChI=1S/C17H23N3S/c1-14(17-12-21-13-18-17)19-16-8-5-9-20(11-16)10-15-6-3-2-4-7-15/h2-4,6-7,12-14,16,19H,5,8-11H2,1H3. The minimum atomic E-state index is 0.345. The Morgan fingerprint density at radius 3 is 3.00 bits per heavy atom. The van der Waals surface area contributed by atoms with Gasteiger partial charge in [0.1, 0.15) is 0 Å². The zero-order chi connectivity index (χ0) is 14.5. The van der Waals surface area contributed by atoms with Crippen molar-refractivity contribution in [1.29, 1.82) is 0 Å². The Labute approximate surface area is 131 Å². The zero-order valence-corrected chi connectivity index (χ0v) is 13.4. The minimum Gasteiger partial charge on any atom is -0.305 e. The van der Waals surface area contributed by atoms with E-state index in [1.165, 1.54) is 30.6 Å². The van der Waals surface area contributed by atoms with E-state index in [1.807, 2.05) is 5.51 Å². The average Bonchev–Trinajstić information content (AvgIpc) is 3.03. The van der Waals surface area contributed by atoms with Crippen LogP contribution in [0.1, 0.15) is 37.1 Å². The first kappa shape index (κ1) is 14.7. The fourth-order valence-electron chi connectivity index (χ4n) is 3.05. The van der Waals surface area contributed by atoms with E-state index in [-0.39, 0.29) is 0 Å².